The molecule has 6 heteroatoms. The van der Waals surface area contributed by atoms with E-state index in [0.717, 1.165) is 48.9 Å². The Morgan fingerprint density at radius 1 is 1.45 bits per heavy atom. The first-order valence-corrected chi connectivity index (χ1v) is 7.61. The van der Waals surface area contributed by atoms with Crippen LogP contribution in [0.25, 0.3) is 11.1 Å². The first kappa shape index (κ1) is 16.8. The van der Waals surface area contributed by atoms with Gasteiger partial charge in [0.05, 0.1) is 0 Å². The van der Waals surface area contributed by atoms with Gasteiger partial charge in [0, 0.05) is 24.1 Å². The Bertz CT molecular complexity index is 656. The number of nitrogens with two attached hydrogens (primary N) is 1. The third-order valence-corrected chi connectivity index (χ3v) is 4.09. The molecular weight excluding hydrogens is 302 g/mol. The highest BCUT2D eigenvalue weighted by molar-refractivity contribution is 5.94. The molecule has 1 fully saturated rings. The molecule has 1 saturated carbocycles. The number of fused-ring (bicyclic) bond motifs is 1. The molecule has 2 aromatic rings. The molecule has 2 unspecified atom stereocenters. The second kappa shape index (κ2) is 7.11. The molecule has 1 amide bonds. The summed E-state index contributed by atoms with van der Waals surface area (Å²) in [6.07, 6.45) is 4.51. The van der Waals surface area contributed by atoms with Gasteiger partial charge in [-0.2, -0.15) is 0 Å². The lowest BCUT2D eigenvalue weighted by Crippen LogP contribution is -2.34. The lowest BCUT2D eigenvalue weighted by atomic mass is 9.85. The van der Waals surface area contributed by atoms with E-state index >= 15 is 0 Å². The summed E-state index contributed by atoms with van der Waals surface area (Å²) in [4.78, 5) is 16.7. The van der Waals surface area contributed by atoms with E-state index in [0.29, 0.717) is 5.89 Å². The van der Waals surface area contributed by atoms with Gasteiger partial charge in [-0.25, -0.2) is 4.98 Å². The molecule has 2 atom stereocenters. The number of amides is 1. The fraction of sp³-hybridized carbons (Fsp3) is 0.500. The van der Waals surface area contributed by atoms with Gasteiger partial charge in [0.2, 0.25) is 5.91 Å². The molecule has 120 valence electrons. The lowest BCUT2D eigenvalue weighted by molar-refractivity contribution is -0.120. The SMILES string of the molecule is CCc1nc2cc(NC(=O)C3CCCC(N)C3)ccc2o1.Cl. The largest absolute Gasteiger partial charge is 0.441 e. The van der Waals surface area contributed by atoms with Gasteiger partial charge in [0.25, 0.3) is 0 Å². The Kier molecular flexibility index (Phi) is 5.42. The summed E-state index contributed by atoms with van der Waals surface area (Å²) in [6, 6.07) is 5.72. The van der Waals surface area contributed by atoms with Gasteiger partial charge in [-0.05, 0) is 37.5 Å². The smallest absolute Gasteiger partial charge is 0.227 e. The molecule has 1 aromatic carbocycles. The number of carbonyl (C=O) groups excluding carboxylic acids is 1. The number of aryl methyl sites for hydroxylation is 1. The van der Waals surface area contributed by atoms with Crippen LogP contribution < -0.4 is 11.1 Å². The van der Waals surface area contributed by atoms with E-state index in [-0.39, 0.29) is 30.3 Å². The predicted molar refractivity (Wildman–Crippen MR) is 89.2 cm³/mol. The second-order valence-electron chi connectivity index (χ2n) is 5.76. The van der Waals surface area contributed by atoms with Crippen LogP contribution in [0, 0.1) is 5.92 Å². The minimum atomic E-state index is 0. The van der Waals surface area contributed by atoms with E-state index in [1.807, 2.05) is 25.1 Å². The summed E-state index contributed by atoms with van der Waals surface area (Å²) in [5.74, 6) is 0.795. The number of hydrogen-bond acceptors (Lipinski definition) is 4. The molecule has 0 bridgehead atoms. The minimum absolute atomic E-state index is 0. The van der Waals surface area contributed by atoms with Crippen LogP contribution in [0.1, 0.15) is 38.5 Å². The zero-order chi connectivity index (χ0) is 14.8. The average Bonchev–Trinajstić information content (AvgIpc) is 2.89. The second-order valence-corrected chi connectivity index (χ2v) is 5.76. The van der Waals surface area contributed by atoms with Crippen molar-refractivity contribution in [3.63, 3.8) is 0 Å². The van der Waals surface area contributed by atoms with Crippen molar-refractivity contribution in [3.05, 3.63) is 24.1 Å². The molecule has 0 aliphatic heterocycles. The first-order chi connectivity index (χ1) is 10.2. The van der Waals surface area contributed by atoms with Crippen molar-refractivity contribution in [2.24, 2.45) is 11.7 Å². The number of benzene rings is 1. The Balaban J connectivity index is 0.00000176. The van der Waals surface area contributed by atoms with E-state index < -0.39 is 0 Å². The predicted octanol–water partition coefficient (Wildman–Crippen LogP) is 3.27. The van der Waals surface area contributed by atoms with E-state index in [9.17, 15) is 4.79 Å². The van der Waals surface area contributed by atoms with E-state index in [1.165, 1.54) is 0 Å². The van der Waals surface area contributed by atoms with Crippen molar-refractivity contribution >= 4 is 35.1 Å². The van der Waals surface area contributed by atoms with Crippen molar-refractivity contribution in [3.8, 4) is 0 Å². The Morgan fingerprint density at radius 3 is 3.00 bits per heavy atom. The molecule has 1 aliphatic rings. The van der Waals surface area contributed by atoms with Gasteiger partial charge in [0.15, 0.2) is 11.5 Å². The number of aromatic nitrogens is 1. The fourth-order valence-corrected chi connectivity index (χ4v) is 2.91. The molecular formula is C16H22ClN3O2. The monoisotopic (exact) mass is 323 g/mol. The van der Waals surface area contributed by atoms with Gasteiger partial charge >= 0.3 is 0 Å². The highest BCUT2D eigenvalue weighted by Gasteiger charge is 2.25. The number of hydrogen-bond donors (Lipinski definition) is 2. The van der Waals surface area contributed by atoms with Gasteiger partial charge < -0.3 is 15.5 Å². The van der Waals surface area contributed by atoms with Gasteiger partial charge in [-0.1, -0.05) is 13.3 Å². The van der Waals surface area contributed by atoms with Crippen molar-refractivity contribution in [2.75, 3.05) is 5.32 Å². The molecule has 0 spiro atoms. The highest BCUT2D eigenvalue weighted by atomic mass is 35.5. The van der Waals surface area contributed by atoms with Crippen LogP contribution in [-0.4, -0.2) is 16.9 Å². The number of anilines is 1. The number of halogens is 1. The van der Waals surface area contributed by atoms with Crippen molar-refractivity contribution < 1.29 is 9.21 Å². The van der Waals surface area contributed by atoms with Crippen LogP contribution >= 0.6 is 12.4 Å². The molecule has 3 rings (SSSR count). The number of nitrogens with one attached hydrogen (secondary N) is 1. The van der Waals surface area contributed by atoms with Crippen molar-refractivity contribution in [2.45, 2.75) is 45.1 Å². The Labute approximate surface area is 136 Å². The molecule has 22 heavy (non-hydrogen) atoms. The summed E-state index contributed by atoms with van der Waals surface area (Å²) in [7, 11) is 0. The molecule has 0 saturated heterocycles. The van der Waals surface area contributed by atoms with Crippen molar-refractivity contribution in [1.29, 1.82) is 0 Å². The number of oxazole rings is 1. The summed E-state index contributed by atoms with van der Waals surface area (Å²) < 4.78 is 5.57. The number of nitrogens with zero attached hydrogens (tertiary/aromatic N) is 1. The molecule has 1 aromatic heterocycles. The Hall–Kier alpha value is -1.59. The van der Waals surface area contributed by atoms with E-state index in [2.05, 4.69) is 10.3 Å². The maximum Gasteiger partial charge on any atom is 0.227 e. The van der Waals surface area contributed by atoms with Crippen LogP contribution in [0.4, 0.5) is 5.69 Å². The van der Waals surface area contributed by atoms with E-state index in [4.69, 9.17) is 10.2 Å². The lowest BCUT2D eigenvalue weighted by Gasteiger charge is -2.25. The summed E-state index contributed by atoms with van der Waals surface area (Å²) in [6.45, 7) is 2.00. The fourth-order valence-electron chi connectivity index (χ4n) is 2.91. The normalized spacial score (nSPS) is 21.4. The third kappa shape index (κ3) is 3.59. The number of rotatable bonds is 3. The zero-order valence-corrected chi connectivity index (χ0v) is 13.5. The standard InChI is InChI=1S/C16H21N3O2.ClH/c1-2-15-19-13-9-12(6-7-14(13)21-15)18-16(20)10-4-3-5-11(17)8-10;/h6-7,9-11H,2-5,8,17H2,1H3,(H,18,20);1H. The van der Waals surface area contributed by atoms with Gasteiger partial charge in [-0.15, -0.1) is 12.4 Å². The summed E-state index contributed by atoms with van der Waals surface area (Å²) in [5, 5.41) is 2.98. The number of carbonyl (C=O) groups is 1. The average molecular weight is 324 g/mol. The molecule has 1 heterocycles. The highest BCUT2D eigenvalue weighted by Crippen LogP contribution is 2.25. The molecule has 3 N–H and O–H groups in total. The maximum atomic E-state index is 12.3. The maximum absolute atomic E-state index is 12.3. The topological polar surface area (TPSA) is 81.2 Å². The summed E-state index contributed by atoms with van der Waals surface area (Å²) >= 11 is 0. The quantitative estimate of drug-likeness (QED) is 0.908. The third-order valence-electron chi connectivity index (χ3n) is 4.09. The van der Waals surface area contributed by atoms with Crippen LogP contribution in [0.2, 0.25) is 0 Å². The van der Waals surface area contributed by atoms with Crippen LogP contribution in [0.3, 0.4) is 0 Å². The summed E-state index contributed by atoms with van der Waals surface area (Å²) in [5.41, 5.74) is 8.25. The molecule has 5 nitrogen and oxygen atoms in total. The minimum Gasteiger partial charge on any atom is -0.441 e. The van der Waals surface area contributed by atoms with Crippen LogP contribution in [0.15, 0.2) is 22.6 Å². The molecule has 1 aliphatic carbocycles. The van der Waals surface area contributed by atoms with Crippen LogP contribution in [-0.2, 0) is 11.2 Å². The van der Waals surface area contributed by atoms with E-state index in [1.54, 1.807) is 0 Å². The van der Waals surface area contributed by atoms with Crippen molar-refractivity contribution in [1.82, 2.24) is 4.98 Å². The van der Waals surface area contributed by atoms with Gasteiger partial charge in [-0.3, -0.25) is 4.79 Å². The van der Waals surface area contributed by atoms with Crippen LogP contribution in [0.5, 0.6) is 0 Å². The molecule has 0 radical (unpaired) electrons. The van der Waals surface area contributed by atoms with Gasteiger partial charge in [0.1, 0.15) is 5.52 Å². The first-order valence-electron chi connectivity index (χ1n) is 7.61. The Morgan fingerprint density at radius 2 is 2.27 bits per heavy atom. The zero-order valence-electron chi connectivity index (χ0n) is 12.7.